The fraction of sp³-hybridized carbons (Fsp3) is 0.0769. The molecule has 0 saturated heterocycles. The zero-order chi connectivity index (χ0) is 28.1. The minimum atomic E-state index is -0.250. The molecular weight excluding hydrogens is 510 g/mol. The Morgan fingerprint density at radius 1 is 0.595 bits per heavy atom. The molecule has 2 atom stereocenters. The van der Waals surface area contributed by atoms with Crippen LogP contribution in [0.25, 0.3) is 28.0 Å². The van der Waals surface area contributed by atoms with E-state index in [0.29, 0.717) is 5.92 Å². The number of aromatic nitrogens is 1. The summed E-state index contributed by atoms with van der Waals surface area (Å²) in [6, 6.07) is 40.8. The molecule has 42 heavy (non-hydrogen) atoms. The molecule has 2 unspecified atom stereocenters. The maximum Gasteiger partial charge on any atom is 0.145 e. The van der Waals surface area contributed by atoms with Crippen LogP contribution in [0.1, 0.15) is 40.8 Å². The Bertz CT molecular complexity index is 1800. The van der Waals surface area contributed by atoms with Gasteiger partial charge in [0.05, 0.1) is 5.71 Å². The van der Waals surface area contributed by atoms with Crippen LogP contribution in [0.5, 0.6) is 0 Å². The van der Waals surface area contributed by atoms with Gasteiger partial charge in [-0.25, -0.2) is 0 Å². The van der Waals surface area contributed by atoms with E-state index < -0.39 is 0 Å². The van der Waals surface area contributed by atoms with E-state index in [1.54, 1.807) is 0 Å². The second kappa shape index (κ2) is 11.7. The van der Waals surface area contributed by atoms with Gasteiger partial charge in [-0.3, -0.25) is 9.98 Å². The molecule has 7 rings (SSSR count). The molecule has 1 N–H and O–H groups in total. The molecule has 1 aliphatic heterocycles. The summed E-state index contributed by atoms with van der Waals surface area (Å²) in [6.45, 7) is 0. The topological polar surface area (TPSA) is 37.3 Å². The van der Waals surface area contributed by atoms with Gasteiger partial charge in [0.2, 0.25) is 0 Å². The SMILES string of the molecule is C1=CCC(c2cc(-c3ccccc3)cc(C3N=C(c4ccc(-c5ccccc5)cc4)C=C(c4cccnc4)N3)c2)C=C1. The van der Waals surface area contributed by atoms with Crippen LogP contribution in [0, 0.1) is 0 Å². The summed E-state index contributed by atoms with van der Waals surface area (Å²) >= 11 is 0. The lowest BCUT2D eigenvalue weighted by Crippen LogP contribution is -2.25. The van der Waals surface area contributed by atoms with Crippen molar-refractivity contribution in [2.45, 2.75) is 18.5 Å². The molecule has 1 aliphatic carbocycles. The molecule has 202 valence electrons. The molecule has 1 aromatic heterocycles. The Morgan fingerprint density at radius 3 is 1.95 bits per heavy atom. The van der Waals surface area contributed by atoms with E-state index in [-0.39, 0.29) is 6.17 Å². The number of benzene rings is 4. The van der Waals surface area contributed by atoms with Crippen LogP contribution >= 0.6 is 0 Å². The lowest BCUT2D eigenvalue weighted by atomic mass is 9.88. The molecule has 2 aliphatic rings. The van der Waals surface area contributed by atoms with Crippen molar-refractivity contribution in [1.29, 1.82) is 0 Å². The summed E-state index contributed by atoms with van der Waals surface area (Å²) in [4.78, 5) is 9.69. The van der Waals surface area contributed by atoms with Gasteiger partial charge in [-0.1, -0.05) is 121 Å². The Hall–Kier alpha value is -5.28. The number of allylic oxidation sites excluding steroid dienone is 5. The van der Waals surface area contributed by atoms with E-state index in [0.717, 1.165) is 34.5 Å². The normalized spacial score (nSPS) is 17.7. The van der Waals surface area contributed by atoms with Crippen LogP contribution in [0.3, 0.4) is 0 Å². The van der Waals surface area contributed by atoms with Crippen LogP contribution in [-0.2, 0) is 0 Å². The summed E-state index contributed by atoms with van der Waals surface area (Å²) in [5.74, 6) is 0.336. The van der Waals surface area contributed by atoms with Gasteiger partial charge in [-0.05, 0) is 69.6 Å². The lowest BCUT2D eigenvalue weighted by molar-refractivity contribution is 0.661. The van der Waals surface area contributed by atoms with Crippen molar-refractivity contribution in [3.8, 4) is 22.3 Å². The monoisotopic (exact) mass is 541 g/mol. The van der Waals surface area contributed by atoms with Crippen molar-refractivity contribution in [3.05, 3.63) is 180 Å². The van der Waals surface area contributed by atoms with Crippen molar-refractivity contribution in [3.63, 3.8) is 0 Å². The molecule has 0 amide bonds. The van der Waals surface area contributed by atoms with Gasteiger partial charge in [0.1, 0.15) is 6.17 Å². The van der Waals surface area contributed by atoms with Crippen LogP contribution in [0.2, 0.25) is 0 Å². The van der Waals surface area contributed by atoms with Gasteiger partial charge in [-0.2, -0.15) is 0 Å². The minimum absolute atomic E-state index is 0.250. The van der Waals surface area contributed by atoms with E-state index in [1.807, 2.05) is 24.5 Å². The van der Waals surface area contributed by atoms with E-state index in [4.69, 9.17) is 4.99 Å². The molecule has 0 radical (unpaired) electrons. The quantitative estimate of drug-likeness (QED) is 0.233. The molecule has 3 nitrogen and oxygen atoms in total. The molecule has 0 bridgehead atoms. The Morgan fingerprint density at radius 2 is 1.26 bits per heavy atom. The van der Waals surface area contributed by atoms with E-state index in [2.05, 4.69) is 144 Å². The van der Waals surface area contributed by atoms with Gasteiger partial charge in [0.15, 0.2) is 0 Å². The largest absolute Gasteiger partial charge is 0.359 e. The smallest absolute Gasteiger partial charge is 0.145 e. The molecule has 0 saturated carbocycles. The highest BCUT2D eigenvalue weighted by Crippen LogP contribution is 2.35. The van der Waals surface area contributed by atoms with Crippen LogP contribution in [0.4, 0.5) is 0 Å². The van der Waals surface area contributed by atoms with Gasteiger partial charge >= 0.3 is 0 Å². The molecule has 0 fully saturated rings. The Labute approximate surface area is 247 Å². The van der Waals surface area contributed by atoms with Crippen molar-refractivity contribution in [1.82, 2.24) is 10.3 Å². The number of rotatable bonds is 6. The van der Waals surface area contributed by atoms with Crippen molar-refractivity contribution >= 4 is 11.4 Å². The first-order chi connectivity index (χ1) is 20.8. The molecule has 2 heterocycles. The van der Waals surface area contributed by atoms with Gasteiger partial charge in [0.25, 0.3) is 0 Å². The van der Waals surface area contributed by atoms with Crippen molar-refractivity contribution in [2.24, 2.45) is 4.99 Å². The first-order valence-electron chi connectivity index (χ1n) is 14.5. The van der Waals surface area contributed by atoms with Gasteiger partial charge in [0, 0.05) is 29.6 Å². The van der Waals surface area contributed by atoms with Crippen molar-refractivity contribution < 1.29 is 0 Å². The highest BCUT2D eigenvalue weighted by atomic mass is 15.1. The van der Waals surface area contributed by atoms with Gasteiger partial charge < -0.3 is 5.32 Å². The lowest BCUT2D eigenvalue weighted by Gasteiger charge is -2.26. The third-order valence-corrected chi connectivity index (χ3v) is 7.91. The Kier molecular flexibility index (Phi) is 7.14. The fourth-order valence-electron chi connectivity index (χ4n) is 5.68. The molecule has 0 spiro atoms. The maximum atomic E-state index is 5.30. The molecule has 5 aromatic rings. The van der Waals surface area contributed by atoms with Crippen LogP contribution < -0.4 is 5.32 Å². The summed E-state index contributed by atoms with van der Waals surface area (Å²) in [5, 5.41) is 3.73. The first kappa shape index (κ1) is 25.7. The zero-order valence-electron chi connectivity index (χ0n) is 23.3. The highest BCUT2D eigenvalue weighted by Gasteiger charge is 2.22. The van der Waals surface area contributed by atoms with Crippen molar-refractivity contribution in [2.75, 3.05) is 0 Å². The number of pyridine rings is 1. The van der Waals surface area contributed by atoms with E-state index in [9.17, 15) is 0 Å². The summed E-state index contributed by atoms with van der Waals surface area (Å²) in [6.07, 6.45) is 15.4. The summed E-state index contributed by atoms with van der Waals surface area (Å²) in [7, 11) is 0. The predicted molar refractivity (Wildman–Crippen MR) is 174 cm³/mol. The number of nitrogens with one attached hydrogen (secondary N) is 1. The van der Waals surface area contributed by atoms with E-state index in [1.165, 1.54) is 27.8 Å². The number of hydrogen-bond donors (Lipinski definition) is 1. The maximum absolute atomic E-state index is 5.30. The average Bonchev–Trinajstić information content (AvgIpc) is 3.09. The fourth-order valence-corrected chi connectivity index (χ4v) is 5.68. The third-order valence-electron chi connectivity index (χ3n) is 7.91. The predicted octanol–water partition coefficient (Wildman–Crippen LogP) is 9.15. The van der Waals surface area contributed by atoms with E-state index >= 15 is 0 Å². The summed E-state index contributed by atoms with van der Waals surface area (Å²) in [5.41, 5.74) is 11.3. The third kappa shape index (κ3) is 5.50. The number of hydrogen-bond acceptors (Lipinski definition) is 3. The number of nitrogens with zero attached hydrogens (tertiary/aromatic N) is 2. The number of aliphatic imine (C=N–C) groups is 1. The molecule has 4 aromatic carbocycles. The van der Waals surface area contributed by atoms with Gasteiger partial charge in [-0.15, -0.1) is 0 Å². The molecular formula is C39H31N3. The van der Waals surface area contributed by atoms with Crippen LogP contribution in [0.15, 0.2) is 163 Å². The summed E-state index contributed by atoms with van der Waals surface area (Å²) < 4.78 is 0. The highest BCUT2D eigenvalue weighted by molar-refractivity contribution is 6.13. The average molecular weight is 542 g/mol. The Balaban J connectivity index is 1.32. The molecule has 3 heteroatoms. The minimum Gasteiger partial charge on any atom is -0.359 e. The first-order valence-corrected chi connectivity index (χ1v) is 14.5. The van der Waals surface area contributed by atoms with Crippen LogP contribution in [-0.4, -0.2) is 10.7 Å². The second-order valence-corrected chi connectivity index (χ2v) is 10.7. The zero-order valence-corrected chi connectivity index (χ0v) is 23.3. The second-order valence-electron chi connectivity index (χ2n) is 10.7. The standard InChI is InChI=1S/C39H31N3/c1-4-11-28(12-5-1)31-18-20-32(21-19-31)37-26-38(33-17-10-22-40-27-33)42-39(41-37)36-24-34(29-13-6-2-7-14-29)23-35(25-36)30-15-8-3-9-16-30/h1-15,17-27,30,39,42H,16H2.